The van der Waals surface area contributed by atoms with Crippen molar-refractivity contribution in [3.8, 4) is 0 Å². The molecule has 0 aromatic rings. The first-order valence-electron chi connectivity index (χ1n) is 12.7. The molecule has 0 saturated heterocycles. The standard InChI is InChI=1S/C27H36F2O6/c1-5-6-7-21(34)35-27(20(33)13-30)14(2)10-16-15-11-17(28)23-24(29)18(31)8-9-25(23,3)22(15)19(32)12-26(16,27)4/h8-9,14-17,19,22,30,32H,5-7,10-13H2,1-4H3/t14?,15-,16-,17?,19?,22+,25+,26-,27-/m0/s1. The molecule has 0 aliphatic heterocycles. The van der Waals surface area contributed by atoms with E-state index >= 15 is 4.39 Å². The molecular weight excluding hydrogens is 458 g/mol. The lowest BCUT2D eigenvalue weighted by molar-refractivity contribution is -0.206. The van der Waals surface area contributed by atoms with Crippen LogP contribution in [0.15, 0.2) is 23.6 Å². The maximum atomic E-state index is 15.6. The van der Waals surface area contributed by atoms with E-state index in [1.54, 1.807) is 20.8 Å². The highest BCUT2D eigenvalue weighted by atomic mass is 19.1. The van der Waals surface area contributed by atoms with Crippen LogP contribution < -0.4 is 0 Å². The third-order valence-corrected chi connectivity index (χ3v) is 9.66. The van der Waals surface area contributed by atoms with Crippen molar-refractivity contribution in [2.24, 2.45) is 34.5 Å². The molecule has 35 heavy (non-hydrogen) atoms. The second-order valence-corrected chi connectivity index (χ2v) is 11.4. The highest BCUT2D eigenvalue weighted by Gasteiger charge is 2.73. The van der Waals surface area contributed by atoms with Crippen molar-refractivity contribution in [3.05, 3.63) is 23.6 Å². The van der Waals surface area contributed by atoms with Gasteiger partial charge in [-0.05, 0) is 43.6 Å². The Morgan fingerprint density at radius 2 is 1.94 bits per heavy atom. The minimum atomic E-state index is -1.71. The summed E-state index contributed by atoms with van der Waals surface area (Å²) in [6.07, 6.45) is 1.75. The van der Waals surface area contributed by atoms with Crippen LogP contribution in [0.5, 0.6) is 0 Å². The van der Waals surface area contributed by atoms with Gasteiger partial charge >= 0.3 is 5.97 Å². The summed E-state index contributed by atoms with van der Waals surface area (Å²) in [5.74, 6) is -4.88. The summed E-state index contributed by atoms with van der Waals surface area (Å²) < 4.78 is 36.4. The summed E-state index contributed by atoms with van der Waals surface area (Å²) in [5, 5.41) is 21.4. The molecule has 0 amide bonds. The second-order valence-electron chi connectivity index (χ2n) is 11.4. The van der Waals surface area contributed by atoms with Crippen LogP contribution in [0.1, 0.15) is 66.2 Å². The van der Waals surface area contributed by atoms with Gasteiger partial charge in [0.05, 0.1) is 6.10 Å². The predicted octanol–water partition coefficient (Wildman–Crippen LogP) is 3.79. The number of Topliss-reactive ketones (excluding diaryl/α,β-unsaturated/α-hetero) is 1. The number of carbonyl (C=O) groups excluding carboxylic acids is 3. The van der Waals surface area contributed by atoms with E-state index in [0.29, 0.717) is 12.8 Å². The molecule has 0 bridgehead atoms. The van der Waals surface area contributed by atoms with Gasteiger partial charge in [-0.2, -0.15) is 0 Å². The molecule has 3 saturated carbocycles. The maximum Gasteiger partial charge on any atom is 0.306 e. The lowest BCUT2D eigenvalue weighted by Gasteiger charge is -2.60. The fourth-order valence-corrected chi connectivity index (χ4v) is 8.29. The van der Waals surface area contributed by atoms with Crippen LogP contribution in [0.2, 0.25) is 0 Å². The normalized spacial score (nSPS) is 44.5. The molecule has 194 valence electrons. The van der Waals surface area contributed by atoms with Gasteiger partial charge in [-0.3, -0.25) is 14.4 Å². The van der Waals surface area contributed by atoms with E-state index in [4.69, 9.17) is 4.74 Å². The molecule has 6 nitrogen and oxygen atoms in total. The minimum Gasteiger partial charge on any atom is -0.450 e. The average molecular weight is 495 g/mol. The number of fused-ring (bicyclic) bond motifs is 5. The number of esters is 1. The van der Waals surface area contributed by atoms with E-state index in [1.807, 2.05) is 6.92 Å². The second kappa shape index (κ2) is 8.87. The number of hydrogen-bond donors (Lipinski definition) is 2. The molecule has 2 N–H and O–H groups in total. The molecular formula is C27H36F2O6. The third-order valence-electron chi connectivity index (χ3n) is 9.66. The number of carbonyl (C=O) groups is 3. The monoisotopic (exact) mass is 494 g/mol. The van der Waals surface area contributed by atoms with Gasteiger partial charge in [0, 0.05) is 34.7 Å². The Hall–Kier alpha value is -1.93. The first-order valence-corrected chi connectivity index (χ1v) is 12.7. The fraction of sp³-hybridized carbons (Fsp3) is 0.741. The van der Waals surface area contributed by atoms with Gasteiger partial charge in [-0.25, -0.2) is 8.78 Å². The molecule has 0 heterocycles. The van der Waals surface area contributed by atoms with Crippen molar-refractivity contribution < 1.29 is 38.1 Å². The van der Waals surface area contributed by atoms with Gasteiger partial charge in [0.2, 0.25) is 11.6 Å². The van der Waals surface area contributed by atoms with Crippen molar-refractivity contribution in [2.45, 2.75) is 84.1 Å². The number of ether oxygens (including phenoxy) is 1. The Morgan fingerprint density at radius 3 is 2.57 bits per heavy atom. The Morgan fingerprint density at radius 1 is 1.26 bits per heavy atom. The lowest BCUT2D eigenvalue weighted by Crippen LogP contribution is -2.65. The SMILES string of the molecule is CCCCC(=O)O[C@]1(C(=O)CO)C(C)C[C@H]2[C@@H]3CC(F)C4=C(F)C(=O)C=C[C@]4(C)[C@H]3C(O)C[C@@]21C. The van der Waals surface area contributed by atoms with E-state index in [-0.39, 0.29) is 30.8 Å². The molecule has 3 unspecified atom stereocenters. The van der Waals surface area contributed by atoms with Gasteiger partial charge in [0.1, 0.15) is 12.8 Å². The van der Waals surface area contributed by atoms with Crippen LogP contribution in [-0.2, 0) is 19.1 Å². The number of unbranched alkanes of at least 4 members (excludes halogenated alkanes) is 1. The number of ketones is 2. The largest absolute Gasteiger partial charge is 0.450 e. The molecule has 0 aromatic heterocycles. The third kappa shape index (κ3) is 3.50. The highest BCUT2D eigenvalue weighted by Crippen LogP contribution is 2.69. The first kappa shape index (κ1) is 26.1. The summed E-state index contributed by atoms with van der Waals surface area (Å²) in [6.45, 7) is 6.38. The zero-order chi connectivity index (χ0) is 25.9. The molecule has 8 heteroatoms. The number of allylic oxidation sites excluding steroid dienone is 4. The van der Waals surface area contributed by atoms with E-state index < -0.39 is 76.4 Å². The maximum absolute atomic E-state index is 15.6. The van der Waals surface area contributed by atoms with Crippen LogP contribution in [0, 0.1) is 34.5 Å². The number of rotatable bonds is 6. The number of hydrogen-bond acceptors (Lipinski definition) is 6. The van der Waals surface area contributed by atoms with Gasteiger partial charge in [-0.1, -0.05) is 40.2 Å². The van der Waals surface area contributed by atoms with Crippen LogP contribution in [0.3, 0.4) is 0 Å². The van der Waals surface area contributed by atoms with Gasteiger partial charge in [0.25, 0.3) is 0 Å². The van der Waals surface area contributed by atoms with E-state index in [0.717, 1.165) is 12.5 Å². The summed E-state index contributed by atoms with van der Waals surface area (Å²) in [4.78, 5) is 38.1. The van der Waals surface area contributed by atoms with Gasteiger partial charge in [0.15, 0.2) is 11.4 Å². The first-order chi connectivity index (χ1) is 16.4. The minimum absolute atomic E-state index is 0.0686. The Labute approximate surface area is 204 Å². The Bertz CT molecular complexity index is 990. The molecule has 4 aliphatic rings. The fourth-order valence-electron chi connectivity index (χ4n) is 8.29. The highest BCUT2D eigenvalue weighted by molar-refractivity contribution is 6.04. The summed E-state index contributed by atoms with van der Waals surface area (Å²) >= 11 is 0. The smallest absolute Gasteiger partial charge is 0.306 e. The summed E-state index contributed by atoms with van der Waals surface area (Å²) in [6, 6.07) is 0. The van der Waals surface area contributed by atoms with E-state index in [1.165, 1.54) is 6.08 Å². The van der Waals surface area contributed by atoms with Crippen LogP contribution in [-0.4, -0.2) is 52.2 Å². The van der Waals surface area contributed by atoms with E-state index in [9.17, 15) is 29.0 Å². The molecule has 4 rings (SSSR count). The zero-order valence-corrected chi connectivity index (χ0v) is 20.9. The molecule has 4 aliphatic carbocycles. The van der Waals surface area contributed by atoms with Crippen molar-refractivity contribution in [1.29, 1.82) is 0 Å². The lowest BCUT2D eigenvalue weighted by atomic mass is 9.45. The number of aliphatic hydroxyl groups excluding tert-OH is 2. The van der Waals surface area contributed by atoms with Crippen LogP contribution in [0.25, 0.3) is 0 Å². The average Bonchev–Trinajstić information content (AvgIpc) is 3.01. The van der Waals surface area contributed by atoms with Gasteiger partial charge < -0.3 is 14.9 Å². The molecule has 9 atom stereocenters. The van der Waals surface area contributed by atoms with Gasteiger partial charge in [-0.15, -0.1) is 0 Å². The number of alkyl halides is 1. The number of halogens is 2. The predicted molar refractivity (Wildman–Crippen MR) is 123 cm³/mol. The Balaban J connectivity index is 1.80. The summed E-state index contributed by atoms with van der Waals surface area (Å²) in [5.41, 5.74) is -4.08. The van der Waals surface area contributed by atoms with Crippen molar-refractivity contribution >= 4 is 17.5 Å². The quantitative estimate of drug-likeness (QED) is 0.545. The molecule has 0 spiro atoms. The van der Waals surface area contributed by atoms with Crippen molar-refractivity contribution in [3.63, 3.8) is 0 Å². The topological polar surface area (TPSA) is 101 Å². The molecule has 0 aromatic carbocycles. The molecule has 0 radical (unpaired) electrons. The molecule has 3 fully saturated rings. The zero-order valence-electron chi connectivity index (χ0n) is 20.9. The number of aliphatic hydroxyl groups is 2. The van der Waals surface area contributed by atoms with E-state index in [2.05, 4.69) is 0 Å². The van der Waals surface area contributed by atoms with Crippen LogP contribution >= 0.6 is 0 Å². The van der Waals surface area contributed by atoms with Crippen molar-refractivity contribution in [2.75, 3.05) is 6.61 Å². The van der Waals surface area contributed by atoms with Crippen molar-refractivity contribution in [1.82, 2.24) is 0 Å². The summed E-state index contributed by atoms with van der Waals surface area (Å²) in [7, 11) is 0. The van der Waals surface area contributed by atoms with Crippen LogP contribution in [0.4, 0.5) is 8.78 Å². The Kier molecular flexibility index (Phi) is 6.63.